The van der Waals surface area contributed by atoms with E-state index in [-0.39, 0.29) is 11.3 Å². The van der Waals surface area contributed by atoms with Crippen LogP contribution in [-0.2, 0) is 10.3 Å². The van der Waals surface area contributed by atoms with Gasteiger partial charge in [0.05, 0.1) is 0 Å². The Balaban J connectivity index is 2.28. The first-order chi connectivity index (χ1) is 7.10. The molecule has 0 saturated carbocycles. The highest BCUT2D eigenvalue weighted by Gasteiger charge is 2.32. The summed E-state index contributed by atoms with van der Waals surface area (Å²) >= 11 is 0. The quantitative estimate of drug-likeness (QED) is 0.731. The van der Waals surface area contributed by atoms with E-state index in [0.717, 1.165) is 12.1 Å². The molecule has 1 unspecified atom stereocenters. The zero-order valence-corrected chi connectivity index (χ0v) is 8.79. The SMILES string of the molecule is CC1(c2ccc(O)cc2)CC(=O)CCN1. The summed E-state index contributed by atoms with van der Waals surface area (Å²) in [6.45, 7) is 2.76. The van der Waals surface area contributed by atoms with E-state index < -0.39 is 0 Å². The Hall–Kier alpha value is -1.35. The first-order valence-corrected chi connectivity index (χ1v) is 5.16. The van der Waals surface area contributed by atoms with Gasteiger partial charge in [-0.3, -0.25) is 4.79 Å². The van der Waals surface area contributed by atoms with Gasteiger partial charge in [-0.2, -0.15) is 0 Å². The number of ketones is 1. The summed E-state index contributed by atoms with van der Waals surface area (Å²) in [7, 11) is 0. The second kappa shape index (κ2) is 3.66. The molecule has 0 bridgehead atoms. The maximum Gasteiger partial charge on any atom is 0.136 e. The highest BCUT2D eigenvalue weighted by atomic mass is 16.3. The van der Waals surface area contributed by atoms with E-state index in [1.807, 2.05) is 19.1 Å². The zero-order valence-electron chi connectivity index (χ0n) is 8.79. The highest BCUT2D eigenvalue weighted by Crippen LogP contribution is 2.29. The maximum atomic E-state index is 11.4. The van der Waals surface area contributed by atoms with E-state index in [0.29, 0.717) is 18.6 Å². The van der Waals surface area contributed by atoms with Crippen LogP contribution in [0.25, 0.3) is 0 Å². The number of nitrogens with one attached hydrogen (secondary N) is 1. The highest BCUT2D eigenvalue weighted by molar-refractivity contribution is 5.81. The van der Waals surface area contributed by atoms with Gasteiger partial charge < -0.3 is 10.4 Å². The number of carbonyl (C=O) groups excluding carboxylic acids is 1. The van der Waals surface area contributed by atoms with Gasteiger partial charge >= 0.3 is 0 Å². The number of aromatic hydroxyl groups is 1. The molecule has 0 aliphatic carbocycles. The Labute approximate surface area is 89.1 Å². The van der Waals surface area contributed by atoms with Crippen molar-refractivity contribution in [2.24, 2.45) is 0 Å². The lowest BCUT2D eigenvalue weighted by Crippen LogP contribution is -2.46. The lowest BCUT2D eigenvalue weighted by atomic mass is 9.83. The van der Waals surface area contributed by atoms with Crippen molar-refractivity contribution in [2.45, 2.75) is 25.3 Å². The van der Waals surface area contributed by atoms with Crippen LogP contribution in [0.15, 0.2) is 24.3 Å². The summed E-state index contributed by atoms with van der Waals surface area (Å²) < 4.78 is 0. The maximum absolute atomic E-state index is 11.4. The lowest BCUT2D eigenvalue weighted by Gasteiger charge is -2.34. The minimum Gasteiger partial charge on any atom is -0.508 e. The number of rotatable bonds is 1. The van der Waals surface area contributed by atoms with Crippen LogP contribution in [0.5, 0.6) is 5.75 Å². The molecular weight excluding hydrogens is 190 g/mol. The molecule has 3 nitrogen and oxygen atoms in total. The van der Waals surface area contributed by atoms with Crippen molar-refractivity contribution < 1.29 is 9.90 Å². The number of Topliss-reactive ketones (excluding diaryl/α,β-unsaturated/α-hetero) is 1. The number of phenols is 1. The number of hydrogen-bond donors (Lipinski definition) is 2. The van der Waals surface area contributed by atoms with Gasteiger partial charge in [-0.15, -0.1) is 0 Å². The molecule has 1 atom stereocenters. The lowest BCUT2D eigenvalue weighted by molar-refractivity contribution is -0.122. The zero-order chi connectivity index (χ0) is 10.9. The van der Waals surface area contributed by atoms with Crippen LogP contribution < -0.4 is 5.32 Å². The summed E-state index contributed by atoms with van der Waals surface area (Å²) in [5, 5.41) is 12.6. The van der Waals surface area contributed by atoms with Crippen molar-refractivity contribution >= 4 is 5.78 Å². The summed E-state index contributed by atoms with van der Waals surface area (Å²) in [5.41, 5.74) is 0.775. The number of phenolic OH excluding ortho intramolecular Hbond substituents is 1. The average molecular weight is 205 g/mol. The van der Waals surface area contributed by atoms with Crippen molar-refractivity contribution in [3.63, 3.8) is 0 Å². The molecule has 1 aliphatic heterocycles. The first-order valence-electron chi connectivity index (χ1n) is 5.16. The molecule has 0 amide bonds. The second-order valence-electron chi connectivity index (χ2n) is 4.27. The van der Waals surface area contributed by atoms with Gasteiger partial charge in [-0.05, 0) is 24.6 Å². The molecule has 1 saturated heterocycles. The Morgan fingerprint density at radius 1 is 1.33 bits per heavy atom. The molecule has 2 N–H and O–H groups in total. The number of piperidine rings is 1. The molecule has 1 aromatic rings. The van der Waals surface area contributed by atoms with Crippen LogP contribution in [0.2, 0.25) is 0 Å². The monoisotopic (exact) mass is 205 g/mol. The van der Waals surface area contributed by atoms with E-state index in [1.165, 1.54) is 0 Å². The van der Waals surface area contributed by atoms with Crippen molar-refractivity contribution in [3.05, 3.63) is 29.8 Å². The minimum absolute atomic E-state index is 0.254. The number of benzene rings is 1. The van der Waals surface area contributed by atoms with Gasteiger partial charge in [-0.1, -0.05) is 12.1 Å². The number of hydrogen-bond acceptors (Lipinski definition) is 3. The summed E-state index contributed by atoms with van der Waals surface area (Å²) in [6, 6.07) is 7.03. The van der Waals surface area contributed by atoms with Crippen molar-refractivity contribution in [2.75, 3.05) is 6.54 Å². The van der Waals surface area contributed by atoms with Crippen LogP contribution in [0.1, 0.15) is 25.3 Å². The minimum atomic E-state index is -0.275. The fourth-order valence-corrected chi connectivity index (χ4v) is 2.06. The third-order valence-electron chi connectivity index (χ3n) is 2.97. The van der Waals surface area contributed by atoms with Crippen molar-refractivity contribution in [1.82, 2.24) is 5.32 Å². The standard InChI is InChI=1S/C12H15NO2/c1-12(8-11(15)6-7-13-12)9-2-4-10(14)5-3-9/h2-5,13-14H,6-8H2,1H3. The van der Waals surface area contributed by atoms with Crippen LogP contribution >= 0.6 is 0 Å². The first kappa shape index (κ1) is 10.2. The molecule has 1 aliphatic rings. The van der Waals surface area contributed by atoms with E-state index >= 15 is 0 Å². The Morgan fingerprint density at radius 3 is 2.60 bits per heavy atom. The molecular formula is C12H15NO2. The molecule has 80 valence electrons. The summed E-state index contributed by atoms with van der Waals surface area (Å²) in [5.74, 6) is 0.550. The third kappa shape index (κ3) is 2.02. The molecule has 0 radical (unpaired) electrons. The third-order valence-corrected chi connectivity index (χ3v) is 2.97. The molecule has 3 heteroatoms. The van der Waals surface area contributed by atoms with Crippen LogP contribution in [-0.4, -0.2) is 17.4 Å². The van der Waals surface area contributed by atoms with E-state index in [4.69, 9.17) is 0 Å². The predicted molar refractivity (Wildman–Crippen MR) is 57.7 cm³/mol. The largest absolute Gasteiger partial charge is 0.508 e. The smallest absolute Gasteiger partial charge is 0.136 e. The summed E-state index contributed by atoms with van der Waals surface area (Å²) in [4.78, 5) is 11.4. The van der Waals surface area contributed by atoms with E-state index in [2.05, 4.69) is 5.32 Å². The Bertz CT molecular complexity index is 372. The van der Waals surface area contributed by atoms with Crippen molar-refractivity contribution in [1.29, 1.82) is 0 Å². The fourth-order valence-electron chi connectivity index (χ4n) is 2.06. The van der Waals surface area contributed by atoms with Crippen molar-refractivity contribution in [3.8, 4) is 5.75 Å². The normalized spacial score (nSPS) is 26.6. The predicted octanol–water partition coefficient (Wildman–Crippen LogP) is 1.56. The van der Waals surface area contributed by atoms with Gasteiger partial charge in [0.1, 0.15) is 11.5 Å². The van der Waals surface area contributed by atoms with E-state index in [9.17, 15) is 9.90 Å². The van der Waals surface area contributed by atoms with Crippen LogP contribution in [0.4, 0.5) is 0 Å². The van der Waals surface area contributed by atoms with Crippen LogP contribution in [0, 0.1) is 0 Å². The molecule has 0 aromatic heterocycles. The molecule has 2 rings (SSSR count). The molecule has 15 heavy (non-hydrogen) atoms. The van der Waals surface area contributed by atoms with Gasteiger partial charge in [-0.25, -0.2) is 0 Å². The Kier molecular flexibility index (Phi) is 2.49. The van der Waals surface area contributed by atoms with Crippen LogP contribution in [0.3, 0.4) is 0 Å². The molecule has 1 fully saturated rings. The molecule has 1 aromatic carbocycles. The number of carbonyl (C=O) groups is 1. The molecule has 0 spiro atoms. The second-order valence-corrected chi connectivity index (χ2v) is 4.27. The average Bonchev–Trinajstić information content (AvgIpc) is 2.18. The summed E-state index contributed by atoms with van der Waals surface area (Å²) in [6.07, 6.45) is 1.14. The van der Waals surface area contributed by atoms with Gasteiger partial charge in [0.15, 0.2) is 0 Å². The van der Waals surface area contributed by atoms with Gasteiger partial charge in [0, 0.05) is 24.9 Å². The van der Waals surface area contributed by atoms with Gasteiger partial charge in [0.2, 0.25) is 0 Å². The Morgan fingerprint density at radius 2 is 2.00 bits per heavy atom. The van der Waals surface area contributed by atoms with E-state index in [1.54, 1.807) is 12.1 Å². The molecule has 1 heterocycles. The topological polar surface area (TPSA) is 49.3 Å². The van der Waals surface area contributed by atoms with Gasteiger partial charge in [0.25, 0.3) is 0 Å². The fraction of sp³-hybridized carbons (Fsp3) is 0.417.